The maximum atomic E-state index is 12.1. The van der Waals surface area contributed by atoms with Crippen LogP contribution in [0.2, 0.25) is 0 Å². The van der Waals surface area contributed by atoms with Crippen LogP contribution in [0.15, 0.2) is 53.7 Å². The number of nitrogens with zero attached hydrogens (tertiary/aromatic N) is 4. The fraction of sp³-hybridized carbons (Fsp3) is 0.300. The monoisotopic (exact) mass is 379 g/mol. The van der Waals surface area contributed by atoms with Crippen LogP contribution < -0.4 is 16.0 Å². The van der Waals surface area contributed by atoms with Gasteiger partial charge in [-0.3, -0.25) is 14.2 Å². The smallest absolute Gasteiger partial charge is 0.251 e. The molecule has 0 bridgehead atoms. The van der Waals surface area contributed by atoms with Crippen molar-refractivity contribution in [3.05, 3.63) is 65.6 Å². The summed E-state index contributed by atoms with van der Waals surface area (Å²) in [6, 6.07) is 13.3. The minimum atomic E-state index is -0.0510. The van der Waals surface area contributed by atoms with Crippen LogP contribution in [-0.4, -0.2) is 40.1 Å². The van der Waals surface area contributed by atoms with Crippen molar-refractivity contribution in [3.63, 3.8) is 0 Å². The fourth-order valence-electron chi connectivity index (χ4n) is 2.74. The van der Waals surface area contributed by atoms with E-state index in [2.05, 4.69) is 31.1 Å². The van der Waals surface area contributed by atoms with E-state index >= 15 is 0 Å². The van der Waals surface area contributed by atoms with Crippen LogP contribution in [-0.2, 0) is 13.1 Å². The molecule has 0 radical (unpaired) electrons. The van der Waals surface area contributed by atoms with E-state index in [1.54, 1.807) is 7.05 Å². The Balaban J connectivity index is 1.56. The molecule has 0 aliphatic rings. The number of nitrogens with one attached hydrogen (secondary N) is 3. The molecule has 28 heavy (non-hydrogen) atoms. The highest BCUT2D eigenvalue weighted by Crippen LogP contribution is 2.06. The van der Waals surface area contributed by atoms with Gasteiger partial charge in [0, 0.05) is 31.9 Å². The van der Waals surface area contributed by atoms with Crippen LogP contribution in [0.25, 0.3) is 5.65 Å². The molecule has 0 fully saturated rings. The first-order valence-corrected chi connectivity index (χ1v) is 9.31. The molecule has 0 atom stereocenters. The van der Waals surface area contributed by atoms with Gasteiger partial charge in [0.2, 0.25) is 0 Å². The first-order valence-electron chi connectivity index (χ1n) is 9.31. The number of carbonyl (C=O) groups excluding carboxylic acids is 1. The lowest BCUT2D eigenvalue weighted by Crippen LogP contribution is -2.36. The molecular weight excluding hydrogens is 354 g/mol. The molecule has 0 spiro atoms. The Labute approximate surface area is 164 Å². The van der Waals surface area contributed by atoms with Gasteiger partial charge >= 0.3 is 0 Å². The lowest BCUT2D eigenvalue weighted by Gasteiger charge is -2.12. The number of aromatic nitrogens is 3. The summed E-state index contributed by atoms with van der Waals surface area (Å²) in [5.74, 6) is 1.39. The van der Waals surface area contributed by atoms with Crippen molar-refractivity contribution in [1.29, 1.82) is 0 Å². The highest BCUT2D eigenvalue weighted by molar-refractivity contribution is 5.94. The molecule has 0 aliphatic heterocycles. The highest BCUT2D eigenvalue weighted by Gasteiger charge is 2.07. The number of hydrogen-bond acceptors (Lipinski definition) is 4. The summed E-state index contributed by atoms with van der Waals surface area (Å²) < 4.78 is 1.93. The standard InChI is InChI=1S/C20H25N7O/c1-3-10-22-19(28)16-8-6-7-15(12-16)13-23-20(21-2)24-14-18-26-25-17-9-4-5-11-27(17)18/h4-9,11-12H,3,10,13-14H2,1-2H3,(H,22,28)(H2,21,23,24). The van der Waals surface area contributed by atoms with Gasteiger partial charge in [0.05, 0.1) is 6.54 Å². The number of amides is 1. The Morgan fingerprint density at radius 2 is 1.93 bits per heavy atom. The number of benzene rings is 1. The Kier molecular flexibility index (Phi) is 6.56. The van der Waals surface area contributed by atoms with Crippen LogP contribution >= 0.6 is 0 Å². The topological polar surface area (TPSA) is 95.7 Å². The second-order valence-electron chi connectivity index (χ2n) is 6.28. The number of pyridine rings is 1. The average molecular weight is 379 g/mol. The maximum absolute atomic E-state index is 12.1. The van der Waals surface area contributed by atoms with Crippen molar-refractivity contribution < 1.29 is 4.79 Å². The van der Waals surface area contributed by atoms with Crippen LogP contribution in [0, 0.1) is 0 Å². The van der Waals surface area contributed by atoms with Gasteiger partial charge < -0.3 is 16.0 Å². The molecule has 0 saturated carbocycles. The van der Waals surface area contributed by atoms with Gasteiger partial charge in [0.25, 0.3) is 5.91 Å². The van der Waals surface area contributed by atoms with Crippen LogP contribution in [0.4, 0.5) is 0 Å². The summed E-state index contributed by atoms with van der Waals surface area (Å²) in [4.78, 5) is 16.3. The molecule has 146 valence electrons. The number of guanidine groups is 1. The van der Waals surface area contributed by atoms with Gasteiger partial charge in [0.1, 0.15) is 0 Å². The molecule has 1 aromatic carbocycles. The lowest BCUT2D eigenvalue weighted by atomic mass is 10.1. The van der Waals surface area contributed by atoms with Gasteiger partial charge in [-0.2, -0.15) is 0 Å². The van der Waals surface area contributed by atoms with E-state index in [4.69, 9.17) is 0 Å². The van der Waals surface area contributed by atoms with Gasteiger partial charge in [-0.15, -0.1) is 10.2 Å². The first-order chi connectivity index (χ1) is 13.7. The van der Waals surface area contributed by atoms with Crippen LogP contribution in [0.3, 0.4) is 0 Å². The van der Waals surface area contributed by atoms with Crippen molar-refractivity contribution in [2.75, 3.05) is 13.6 Å². The van der Waals surface area contributed by atoms with Crippen molar-refractivity contribution >= 4 is 17.5 Å². The van der Waals surface area contributed by atoms with Crippen LogP contribution in [0.5, 0.6) is 0 Å². The van der Waals surface area contributed by atoms with E-state index in [9.17, 15) is 4.79 Å². The third-order valence-electron chi connectivity index (χ3n) is 4.21. The predicted octanol–water partition coefficient (Wildman–Crippen LogP) is 1.73. The number of carbonyl (C=O) groups is 1. The van der Waals surface area contributed by atoms with Crippen molar-refractivity contribution in [3.8, 4) is 0 Å². The van der Waals surface area contributed by atoms with Crippen molar-refractivity contribution in [1.82, 2.24) is 30.5 Å². The fourth-order valence-corrected chi connectivity index (χ4v) is 2.74. The van der Waals surface area contributed by atoms with E-state index in [1.807, 2.05) is 60.0 Å². The molecule has 1 amide bonds. The minimum Gasteiger partial charge on any atom is -0.352 e. The Morgan fingerprint density at radius 3 is 2.75 bits per heavy atom. The molecule has 3 rings (SSSR count). The Bertz CT molecular complexity index is 964. The van der Waals surface area contributed by atoms with Crippen molar-refractivity contribution in [2.24, 2.45) is 4.99 Å². The number of hydrogen-bond donors (Lipinski definition) is 3. The third-order valence-corrected chi connectivity index (χ3v) is 4.21. The number of aliphatic imine (C=N–C) groups is 1. The third kappa shape index (κ3) is 4.85. The maximum Gasteiger partial charge on any atom is 0.251 e. The van der Waals surface area contributed by atoms with Gasteiger partial charge in [-0.05, 0) is 36.2 Å². The quantitative estimate of drug-likeness (QED) is 0.429. The molecule has 8 nitrogen and oxygen atoms in total. The summed E-state index contributed by atoms with van der Waals surface area (Å²) >= 11 is 0. The zero-order valence-corrected chi connectivity index (χ0v) is 16.1. The zero-order valence-electron chi connectivity index (χ0n) is 16.1. The normalized spacial score (nSPS) is 11.4. The SMILES string of the molecule is CCCNC(=O)c1cccc(CNC(=NC)NCc2nnc3ccccn23)c1. The highest BCUT2D eigenvalue weighted by atomic mass is 16.1. The van der Waals surface area contributed by atoms with E-state index in [0.717, 1.165) is 23.5 Å². The summed E-state index contributed by atoms with van der Waals surface area (Å²) in [7, 11) is 1.71. The number of rotatable bonds is 7. The summed E-state index contributed by atoms with van der Waals surface area (Å²) in [6.45, 7) is 3.75. The Hall–Kier alpha value is -3.42. The summed E-state index contributed by atoms with van der Waals surface area (Å²) in [5.41, 5.74) is 2.46. The van der Waals surface area contributed by atoms with E-state index in [1.165, 1.54) is 0 Å². The predicted molar refractivity (Wildman–Crippen MR) is 109 cm³/mol. The molecule has 2 aromatic heterocycles. The van der Waals surface area contributed by atoms with E-state index < -0.39 is 0 Å². The van der Waals surface area contributed by atoms with E-state index in [0.29, 0.717) is 31.2 Å². The molecule has 2 heterocycles. The molecule has 3 aromatic rings. The molecule has 0 aliphatic carbocycles. The average Bonchev–Trinajstić information content (AvgIpc) is 3.15. The van der Waals surface area contributed by atoms with Crippen LogP contribution in [0.1, 0.15) is 35.1 Å². The van der Waals surface area contributed by atoms with Gasteiger partial charge in [0.15, 0.2) is 17.4 Å². The second-order valence-corrected chi connectivity index (χ2v) is 6.28. The first kappa shape index (κ1) is 19.3. The largest absolute Gasteiger partial charge is 0.352 e. The molecule has 0 saturated heterocycles. The van der Waals surface area contributed by atoms with Crippen molar-refractivity contribution in [2.45, 2.75) is 26.4 Å². The zero-order chi connectivity index (χ0) is 19.8. The molecular formula is C20H25N7O. The molecule has 3 N–H and O–H groups in total. The summed E-state index contributed by atoms with van der Waals surface area (Å²) in [5, 5.41) is 17.7. The molecule has 0 unspecified atom stereocenters. The molecule has 8 heteroatoms. The van der Waals surface area contributed by atoms with Gasteiger partial charge in [-0.25, -0.2) is 0 Å². The minimum absolute atomic E-state index is 0.0510. The van der Waals surface area contributed by atoms with E-state index in [-0.39, 0.29) is 5.91 Å². The Morgan fingerprint density at radius 1 is 1.07 bits per heavy atom. The second kappa shape index (κ2) is 9.50. The lowest BCUT2D eigenvalue weighted by molar-refractivity contribution is 0.0953. The van der Waals surface area contributed by atoms with Gasteiger partial charge in [-0.1, -0.05) is 25.1 Å². The summed E-state index contributed by atoms with van der Waals surface area (Å²) in [6.07, 6.45) is 2.84. The number of fused-ring (bicyclic) bond motifs is 1.